The molecule has 0 radical (unpaired) electrons. The van der Waals surface area contributed by atoms with E-state index in [0.717, 1.165) is 36.5 Å². The lowest BCUT2D eigenvalue weighted by Gasteiger charge is -2.26. The van der Waals surface area contributed by atoms with Gasteiger partial charge in [-0.1, -0.05) is 6.58 Å². The first-order chi connectivity index (χ1) is 12.0. The molecule has 0 unspecified atom stereocenters. The highest BCUT2D eigenvalue weighted by Gasteiger charge is 2.35. The molecule has 0 saturated heterocycles. The number of nitriles is 1. The average molecular weight is 372 g/mol. The number of carbonyl (C=O) groups excluding carboxylic acids is 1. The van der Waals surface area contributed by atoms with Gasteiger partial charge in [0.2, 0.25) is 0 Å². The SMILES string of the molecule is C=CN(C[C@](C)(O)C(=O)Nc1ccc(C#N)c(C(F)(F)F)c1)/N=C\CF. The van der Waals surface area contributed by atoms with E-state index >= 15 is 0 Å². The summed E-state index contributed by atoms with van der Waals surface area (Å²) in [6.07, 6.45) is -2.77. The first kappa shape index (κ1) is 21.1. The monoisotopic (exact) mass is 372 g/mol. The van der Waals surface area contributed by atoms with E-state index in [0.29, 0.717) is 6.07 Å². The van der Waals surface area contributed by atoms with Crippen LogP contribution in [-0.4, -0.2) is 41.1 Å². The van der Waals surface area contributed by atoms with Crippen LogP contribution in [0.15, 0.2) is 36.1 Å². The van der Waals surface area contributed by atoms with E-state index in [2.05, 4.69) is 17.0 Å². The molecule has 1 aromatic rings. The summed E-state index contributed by atoms with van der Waals surface area (Å²) in [5, 5.41) is 25.7. The van der Waals surface area contributed by atoms with Crippen LogP contribution in [0.3, 0.4) is 0 Å². The van der Waals surface area contributed by atoms with Crippen molar-refractivity contribution >= 4 is 17.8 Å². The molecule has 1 atom stereocenters. The fourth-order valence-electron chi connectivity index (χ4n) is 1.90. The Morgan fingerprint density at radius 3 is 2.65 bits per heavy atom. The molecule has 0 bridgehead atoms. The Kier molecular flexibility index (Phi) is 6.85. The Morgan fingerprint density at radius 1 is 1.50 bits per heavy atom. The van der Waals surface area contributed by atoms with Crippen LogP contribution in [0.4, 0.5) is 23.2 Å². The van der Waals surface area contributed by atoms with Gasteiger partial charge in [-0.05, 0) is 25.1 Å². The summed E-state index contributed by atoms with van der Waals surface area (Å²) in [6.45, 7) is 3.21. The van der Waals surface area contributed by atoms with Gasteiger partial charge in [0, 0.05) is 11.9 Å². The molecule has 10 heteroatoms. The van der Waals surface area contributed by atoms with E-state index in [9.17, 15) is 27.5 Å². The summed E-state index contributed by atoms with van der Waals surface area (Å²) in [7, 11) is 0. The van der Waals surface area contributed by atoms with Gasteiger partial charge in [0.25, 0.3) is 5.91 Å². The molecule has 1 aromatic carbocycles. The van der Waals surface area contributed by atoms with Crippen LogP contribution in [0.5, 0.6) is 0 Å². The Morgan fingerprint density at radius 2 is 2.15 bits per heavy atom. The first-order valence-electron chi connectivity index (χ1n) is 7.18. The summed E-state index contributed by atoms with van der Waals surface area (Å²) in [5.41, 5.74) is -4.13. The third-order valence-corrected chi connectivity index (χ3v) is 3.17. The molecule has 0 aromatic heterocycles. The van der Waals surface area contributed by atoms with Gasteiger partial charge in [-0.25, -0.2) is 4.39 Å². The van der Waals surface area contributed by atoms with Crippen molar-refractivity contribution in [2.24, 2.45) is 5.10 Å². The van der Waals surface area contributed by atoms with Gasteiger partial charge in [-0.3, -0.25) is 9.80 Å². The fraction of sp³-hybridized carbons (Fsp3) is 0.312. The van der Waals surface area contributed by atoms with Crippen LogP contribution in [0.1, 0.15) is 18.1 Å². The quantitative estimate of drug-likeness (QED) is 0.438. The normalized spacial score (nSPS) is 13.7. The van der Waals surface area contributed by atoms with Gasteiger partial charge < -0.3 is 10.4 Å². The minimum absolute atomic E-state index is 0.251. The van der Waals surface area contributed by atoms with E-state index in [1.54, 1.807) is 0 Å². The highest BCUT2D eigenvalue weighted by molar-refractivity contribution is 5.97. The third kappa shape index (κ3) is 5.56. The average Bonchev–Trinajstić information content (AvgIpc) is 2.57. The predicted octanol–water partition coefficient (Wildman–Crippen LogP) is 2.67. The van der Waals surface area contributed by atoms with E-state index in [4.69, 9.17) is 5.26 Å². The van der Waals surface area contributed by atoms with Crippen LogP contribution in [0.25, 0.3) is 0 Å². The molecule has 2 N–H and O–H groups in total. The van der Waals surface area contributed by atoms with Crippen LogP contribution in [0, 0.1) is 11.3 Å². The highest BCUT2D eigenvalue weighted by Crippen LogP contribution is 2.33. The molecule has 0 saturated carbocycles. The number of aliphatic hydroxyl groups is 1. The Labute approximate surface area is 147 Å². The van der Waals surface area contributed by atoms with Gasteiger partial charge >= 0.3 is 6.18 Å². The van der Waals surface area contributed by atoms with Crippen molar-refractivity contribution in [1.29, 1.82) is 5.26 Å². The highest BCUT2D eigenvalue weighted by atomic mass is 19.4. The number of benzene rings is 1. The lowest BCUT2D eigenvalue weighted by atomic mass is 10.0. The molecule has 1 amide bonds. The van der Waals surface area contributed by atoms with Gasteiger partial charge in [0.05, 0.1) is 30.0 Å². The molecule has 0 spiro atoms. The summed E-state index contributed by atoms with van der Waals surface area (Å²) in [4.78, 5) is 12.2. The predicted molar refractivity (Wildman–Crippen MR) is 86.8 cm³/mol. The first-order valence-corrected chi connectivity index (χ1v) is 7.18. The van der Waals surface area contributed by atoms with E-state index in [-0.39, 0.29) is 5.69 Å². The maximum Gasteiger partial charge on any atom is 0.417 e. The van der Waals surface area contributed by atoms with Crippen LogP contribution in [-0.2, 0) is 11.0 Å². The second-order valence-corrected chi connectivity index (χ2v) is 5.33. The zero-order valence-electron chi connectivity index (χ0n) is 13.7. The number of anilines is 1. The van der Waals surface area contributed by atoms with Gasteiger partial charge in [-0.2, -0.15) is 23.5 Å². The number of halogens is 4. The van der Waals surface area contributed by atoms with E-state index in [1.807, 2.05) is 0 Å². The van der Waals surface area contributed by atoms with Crippen molar-refractivity contribution < 1.29 is 27.5 Å². The van der Waals surface area contributed by atoms with Crippen molar-refractivity contribution in [3.8, 4) is 6.07 Å². The largest absolute Gasteiger partial charge is 0.417 e. The molecule has 0 heterocycles. The Balaban J connectivity index is 3.01. The minimum Gasteiger partial charge on any atom is -0.378 e. The number of amides is 1. The molecule has 6 nitrogen and oxygen atoms in total. The van der Waals surface area contributed by atoms with Crippen LogP contribution >= 0.6 is 0 Å². The zero-order chi connectivity index (χ0) is 20.0. The van der Waals surface area contributed by atoms with Gasteiger partial charge in [0.1, 0.15) is 6.67 Å². The number of carbonyl (C=O) groups is 1. The number of hydrogen-bond acceptors (Lipinski definition) is 5. The maximum atomic E-state index is 12.9. The smallest absolute Gasteiger partial charge is 0.378 e. The number of alkyl halides is 4. The molecule has 0 fully saturated rings. The van der Waals surface area contributed by atoms with E-state index in [1.165, 1.54) is 6.07 Å². The molecule has 0 aliphatic carbocycles. The van der Waals surface area contributed by atoms with Crippen LogP contribution < -0.4 is 5.32 Å². The Bertz CT molecular complexity index is 739. The van der Waals surface area contributed by atoms with Crippen molar-refractivity contribution in [2.75, 3.05) is 18.5 Å². The summed E-state index contributed by atoms with van der Waals surface area (Å²) >= 11 is 0. The zero-order valence-corrected chi connectivity index (χ0v) is 13.7. The standard InChI is InChI=1S/C16H16F4N4O2/c1-3-24(22-7-6-17)10-15(2,26)14(25)23-12-5-4-11(9-21)13(8-12)16(18,19)20/h3-5,7-8,26H,1,6,10H2,2H3,(H,23,25)/b22-7-/t15-/m0/s1. The number of nitrogens with one attached hydrogen (secondary N) is 1. The Hall–Kier alpha value is -2.93. The molecular weight excluding hydrogens is 356 g/mol. The van der Waals surface area contributed by atoms with E-state index < -0.39 is 42.0 Å². The lowest BCUT2D eigenvalue weighted by molar-refractivity contribution is -0.138. The third-order valence-electron chi connectivity index (χ3n) is 3.17. The van der Waals surface area contributed by atoms with Crippen molar-refractivity contribution in [3.05, 3.63) is 42.1 Å². The summed E-state index contributed by atoms with van der Waals surface area (Å²) in [6, 6.07) is 4.03. The topological polar surface area (TPSA) is 88.7 Å². The van der Waals surface area contributed by atoms with Gasteiger partial charge in [-0.15, -0.1) is 0 Å². The van der Waals surface area contributed by atoms with Crippen molar-refractivity contribution in [2.45, 2.75) is 18.7 Å². The second-order valence-electron chi connectivity index (χ2n) is 5.33. The molecule has 140 valence electrons. The molecule has 1 rings (SSSR count). The van der Waals surface area contributed by atoms with Crippen LogP contribution in [0.2, 0.25) is 0 Å². The molecule has 0 aliphatic rings. The number of rotatable bonds is 7. The minimum atomic E-state index is -4.78. The summed E-state index contributed by atoms with van der Waals surface area (Å²) < 4.78 is 50.9. The molecular formula is C16H16F4N4O2. The number of hydrazone groups is 1. The molecule has 0 aliphatic heterocycles. The second kappa shape index (κ2) is 8.44. The van der Waals surface area contributed by atoms with Gasteiger partial charge in [0.15, 0.2) is 5.60 Å². The summed E-state index contributed by atoms with van der Waals surface area (Å²) in [5.74, 6) is -1.02. The maximum absolute atomic E-state index is 12.9. The van der Waals surface area contributed by atoms with Crippen molar-refractivity contribution in [3.63, 3.8) is 0 Å². The number of nitrogens with zero attached hydrogens (tertiary/aromatic N) is 3. The number of hydrogen-bond donors (Lipinski definition) is 2. The lowest BCUT2D eigenvalue weighted by Crippen LogP contribution is -2.47. The molecule has 26 heavy (non-hydrogen) atoms. The van der Waals surface area contributed by atoms with Crippen molar-refractivity contribution in [1.82, 2.24) is 5.01 Å². The fourth-order valence-corrected chi connectivity index (χ4v) is 1.90.